The third-order valence-corrected chi connectivity index (χ3v) is 6.17. The van der Waals surface area contributed by atoms with Crippen LogP contribution in [-0.4, -0.2) is 42.0 Å². The molecule has 1 aliphatic rings. The lowest BCUT2D eigenvalue weighted by Gasteiger charge is -2.34. The maximum atomic E-state index is 12.0. The van der Waals surface area contributed by atoms with Gasteiger partial charge in [-0.3, -0.25) is 19.2 Å². The smallest absolute Gasteiger partial charge is 0.253 e. The molecule has 170 valence electrons. The largest absolute Gasteiger partial charge is 0.296 e. The van der Waals surface area contributed by atoms with E-state index in [4.69, 9.17) is 4.98 Å². The van der Waals surface area contributed by atoms with Crippen molar-refractivity contribution in [1.82, 2.24) is 29.4 Å². The molecule has 1 atom stereocenters. The molecule has 0 aliphatic carbocycles. The fourth-order valence-electron chi connectivity index (χ4n) is 4.35. The van der Waals surface area contributed by atoms with Gasteiger partial charge in [-0.05, 0) is 51.0 Å². The molecule has 4 rings (SSSR count). The molecule has 33 heavy (non-hydrogen) atoms. The average Bonchev–Trinajstić information content (AvgIpc) is 2.79. The van der Waals surface area contributed by atoms with Gasteiger partial charge in [0.05, 0.1) is 0 Å². The maximum absolute atomic E-state index is 12.0. The molecule has 0 N–H and O–H groups in total. The molecule has 0 saturated heterocycles. The summed E-state index contributed by atoms with van der Waals surface area (Å²) < 4.78 is 1.57. The highest BCUT2D eigenvalue weighted by molar-refractivity contribution is 5.65. The molecule has 3 aromatic rings. The number of pyridine rings is 1. The highest BCUT2D eigenvalue weighted by Crippen LogP contribution is 2.28. The first-order valence-corrected chi connectivity index (χ1v) is 11.2. The molecule has 0 bridgehead atoms. The first-order chi connectivity index (χ1) is 15.9. The number of allylic oxidation sites excluding steroid dienone is 1. The van der Waals surface area contributed by atoms with Gasteiger partial charge in [0.2, 0.25) is 0 Å². The minimum absolute atomic E-state index is 0.0625. The Bertz CT molecular complexity index is 1290. The van der Waals surface area contributed by atoms with Gasteiger partial charge in [-0.15, -0.1) is 0 Å². The van der Waals surface area contributed by atoms with Crippen LogP contribution in [0.1, 0.15) is 42.4 Å². The molecule has 1 unspecified atom stereocenters. The zero-order valence-corrected chi connectivity index (χ0v) is 19.9. The summed E-state index contributed by atoms with van der Waals surface area (Å²) in [5.74, 6) is 1.43. The van der Waals surface area contributed by atoms with Crippen molar-refractivity contribution in [2.24, 2.45) is 7.05 Å². The van der Waals surface area contributed by atoms with Crippen LogP contribution in [0.4, 0.5) is 0 Å². The molecule has 4 heterocycles. The summed E-state index contributed by atoms with van der Waals surface area (Å²) in [4.78, 5) is 32.5. The molecule has 7 nitrogen and oxygen atoms in total. The van der Waals surface area contributed by atoms with Crippen molar-refractivity contribution in [3.8, 4) is 11.1 Å². The first-order valence-electron chi connectivity index (χ1n) is 11.2. The summed E-state index contributed by atoms with van der Waals surface area (Å²) in [6, 6.07) is 3.81. The van der Waals surface area contributed by atoms with Gasteiger partial charge in [-0.25, -0.2) is 15.0 Å². The fourth-order valence-corrected chi connectivity index (χ4v) is 4.35. The fraction of sp³-hybridized carbons (Fsp3) is 0.346. The zero-order valence-electron chi connectivity index (χ0n) is 19.9. The maximum Gasteiger partial charge on any atom is 0.253 e. The normalized spacial score (nSPS) is 15.6. The van der Waals surface area contributed by atoms with Crippen molar-refractivity contribution in [3.05, 3.63) is 87.4 Å². The van der Waals surface area contributed by atoms with Crippen LogP contribution in [0.25, 0.3) is 17.2 Å². The Morgan fingerprint density at radius 2 is 2.00 bits per heavy atom. The Morgan fingerprint density at radius 3 is 2.76 bits per heavy atom. The Labute approximate surface area is 194 Å². The third-order valence-electron chi connectivity index (χ3n) is 6.17. The molecule has 0 saturated carbocycles. The van der Waals surface area contributed by atoms with E-state index in [9.17, 15) is 4.79 Å². The highest BCUT2D eigenvalue weighted by Gasteiger charge is 2.24. The first kappa shape index (κ1) is 22.7. The van der Waals surface area contributed by atoms with E-state index in [0.29, 0.717) is 5.82 Å². The standard InChI is InChI=1S/C26H30N6O/c1-6-7-24(17(2)12-25-27-10-8-26(33)31(25)5)32-11-9-23-21(16-32)13-20(14-29-23)22-15-28-19(4)30-18(22)3/h6-8,10,12-15,24H,9,11,16H2,1-5H3/b7-6-,17-12-. The molecule has 7 heteroatoms. The van der Waals surface area contributed by atoms with Crippen LogP contribution < -0.4 is 5.56 Å². The SMILES string of the molecule is C/C=C\C(/C(C)=C\c1nccc(=O)n1C)N1CCc2ncc(-c3cnc(C)nc3C)cc2C1. The van der Waals surface area contributed by atoms with E-state index in [2.05, 4.69) is 45.0 Å². The van der Waals surface area contributed by atoms with Gasteiger partial charge in [0.25, 0.3) is 5.56 Å². The van der Waals surface area contributed by atoms with Crippen LogP contribution >= 0.6 is 0 Å². The van der Waals surface area contributed by atoms with E-state index in [1.54, 1.807) is 17.8 Å². The number of nitrogens with zero attached hydrogens (tertiary/aromatic N) is 6. The number of aromatic nitrogens is 5. The predicted octanol–water partition coefficient (Wildman–Crippen LogP) is 3.66. The zero-order chi connectivity index (χ0) is 23.5. The molecule has 0 spiro atoms. The summed E-state index contributed by atoms with van der Waals surface area (Å²) in [7, 11) is 1.75. The molecule has 0 fully saturated rings. The topological polar surface area (TPSA) is 76.8 Å². The van der Waals surface area contributed by atoms with E-state index in [1.165, 1.54) is 11.6 Å². The minimum atomic E-state index is -0.0625. The lowest BCUT2D eigenvalue weighted by Crippen LogP contribution is -2.39. The molecule has 0 aromatic carbocycles. The number of hydrogen-bond acceptors (Lipinski definition) is 6. The van der Waals surface area contributed by atoms with E-state index in [0.717, 1.165) is 53.4 Å². The second-order valence-corrected chi connectivity index (χ2v) is 8.53. The Hall–Kier alpha value is -3.45. The predicted molar refractivity (Wildman–Crippen MR) is 131 cm³/mol. The molecule has 1 aliphatic heterocycles. The van der Waals surface area contributed by atoms with Gasteiger partial charge in [-0.2, -0.15) is 0 Å². The van der Waals surface area contributed by atoms with Gasteiger partial charge >= 0.3 is 0 Å². The van der Waals surface area contributed by atoms with Crippen LogP contribution in [0.5, 0.6) is 0 Å². The van der Waals surface area contributed by atoms with Crippen molar-refractivity contribution in [2.45, 2.75) is 46.7 Å². The number of rotatable bonds is 5. The van der Waals surface area contributed by atoms with Crippen LogP contribution in [0.2, 0.25) is 0 Å². The quantitative estimate of drug-likeness (QED) is 0.562. The van der Waals surface area contributed by atoms with Gasteiger partial charge in [-0.1, -0.05) is 12.2 Å². The van der Waals surface area contributed by atoms with Gasteiger partial charge in [0.15, 0.2) is 0 Å². The van der Waals surface area contributed by atoms with Gasteiger partial charge in [0.1, 0.15) is 11.6 Å². The number of hydrogen-bond donors (Lipinski definition) is 0. The molecular formula is C26H30N6O. The Kier molecular flexibility index (Phi) is 6.60. The van der Waals surface area contributed by atoms with Gasteiger partial charge < -0.3 is 0 Å². The number of aryl methyl sites for hydroxylation is 2. The highest BCUT2D eigenvalue weighted by atomic mass is 16.1. The van der Waals surface area contributed by atoms with E-state index in [-0.39, 0.29) is 11.6 Å². The Balaban J connectivity index is 1.64. The van der Waals surface area contributed by atoms with E-state index < -0.39 is 0 Å². The van der Waals surface area contributed by atoms with Crippen molar-refractivity contribution in [1.29, 1.82) is 0 Å². The minimum Gasteiger partial charge on any atom is -0.296 e. The molecule has 0 radical (unpaired) electrons. The Morgan fingerprint density at radius 1 is 1.18 bits per heavy atom. The molecular weight excluding hydrogens is 412 g/mol. The van der Waals surface area contributed by atoms with Crippen molar-refractivity contribution in [2.75, 3.05) is 6.54 Å². The summed E-state index contributed by atoms with van der Waals surface area (Å²) in [6.07, 6.45) is 12.6. The van der Waals surface area contributed by atoms with Gasteiger partial charge in [0, 0.05) is 79.8 Å². The van der Waals surface area contributed by atoms with Crippen molar-refractivity contribution < 1.29 is 0 Å². The third kappa shape index (κ3) is 4.83. The average molecular weight is 443 g/mol. The van der Waals surface area contributed by atoms with Crippen LogP contribution in [0.15, 0.2) is 53.2 Å². The van der Waals surface area contributed by atoms with Crippen LogP contribution in [-0.2, 0) is 20.0 Å². The lowest BCUT2D eigenvalue weighted by atomic mass is 9.97. The summed E-state index contributed by atoms with van der Waals surface area (Å²) in [5, 5.41) is 0. The number of fused-ring (bicyclic) bond motifs is 1. The summed E-state index contributed by atoms with van der Waals surface area (Å²) in [5.41, 5.74) is 6.48. The molecule has 3 aromatic heterocycles. The summed E-state index contributed by atoms with van der Waals surface area (Å²) >= 11 is 0. The van der Waals surface area contributed by atoms with Crippen molar-refractivity contribution >= 4 is 6.08 Å². The lowest BCUT2D eigenvalue weighted by molar-refractivity contribution is 0.230. The van der Waals surface area contributed by atoms with Crippen LogP contribution in [0, 0.1) is 13.8 Å². The monoisotopic (exact) mass is 442 g/mol. The van der Waals surface area contributed by atoms with E-state index in [1.807, 2.05) is 39.2 Å². The van der Waals surface area contributed by atoms with E-state index >= 15 is 0 Å². The summed E-state index contributed by atoms with van der Waals surface area (Å²) in [6.45, 7) is 9.75. The molecule has 0 amide bonds. The second-order valence-electron chi connectivity index (χ2n) is 8.53. The second kappa shape index (κ2) is 9.58. The van der Waals surface area contributed by atoms with Crippen molar-refractivity contribution in [3.63, 3.8) is 0 Å². The van der Waals surface area contributed by atoms with Crippen LogP contribution in [0.3, 0.4) is 0 Å².